The summed E-state index contributed by atoms with van der Waals surface area (Å²) in [7, 11) is 0. The molecule has 0 bridgehead atoms. The molecule has 0 aliphatic carbocycles. The van der Waals surface area contributed by atoms with E-state index in [2.05, 4.69) is 45.4 Å². The van der Waals surface area contributed by atoms with E-state index >= 15 is 0 Å². The van der Waals surface area contributed by atoms with Gasteiger partial charge in [-0.3, -0.25) is 9.59 Å². The molecule has 0 saturated heterocycles. The average Bonchev–Trinajstić information content (AvgIpc) is 2.62. The summed E-state index contributed by atoms with van der Waals surface area (Å²) in [5.74, 6) is -0.487. The van der Waals surface area contributed by atoms with Gasteiger partial charge in [-0.05, 0) is 64.4 Å². The molecule has 0 atom stereocenters. The number of anilines is 1. The number of benzene rings is 2. The van der Waals surface area contributed by atoms with Crippen molar-refractivity contribution in [2.24, 2.45) is 5.10 Å². The minimum atomic E-state index is -0.293. The van der Waals surface area contributed by atoms with Crippen LogP contribution >= 0.6 is 22.6 Å². The highest BCUT2D eigenvalue weighted by Gasteiger charge is 2.06. The van der Waals surface area contributed by atoms with Crippen molar-refractivity contribution in [2.45, 2.75) is 26.2 Å². The fourth-order valence-electron chi connectivity index (χ4n) is 2.06. The van der Waals surface area contributed by atoms with E-state index in [0.717, 1.165) is 21.2 Å². The van der Waals surface area contributed by atoms with Gasteiger partial charge in [-0.15, -0.1) is 0 Å². The topological polar surface area (TPSA) is 70.6 Å². The molecule has 0 heterocycles. The van der Waals surface area contributed by atoms with Crippen LogP contribution in [0.2, 0.25) is 0 Å². The van der Waals surface area contributed by atoms with E-state index in [1.807, 2.05) is 48.5 Å². The van der Waals surface area contributed by atoms with E-state index in [1.54, 1.807) is 6.21 Å². The van der Waals surface area contributed by atoms with Gasteiger partial charge in [0.15, 0.2) is 0 Å². The molecule has 0 aliphatic heterocycles. The van der Waals surface area contributed by atoms with Gasteiger partial charge in [-0.2, -0.15) is 5.10 Å². The maximum absolute atomic E-state index is 11.9. The number of carbonyl (C=O) groups is 2. The predicted octanol–water partition coefficient (Wildman–Crippen LogP) is 3.72. The molecule has 5 nitrogen and oxygen atoms in total. The Bertz CT molecular complexity index is 740. The standard InChI is InChI=1S/C19H20IN3O2/c1-2-14-5-9-17(10-6-14)22-18(24)11-12-19(25)23-21-13-15-3-7-16(20)8-4-15/h3-10,13H,2,11-12H2,1H3,(H,22,24)(H,23,25)/b21-13-. The molecule has 2 N–H and O–H groups in total. The van der Waals surface area contributed by atoms with Gasteiger partial charge in [-0.25, -0.2) is 5.43 Å². The van der Waals surface area contributed by atoms with Gasteiger partial charge in [0.1, 0.15) is 0 Å². The van der Waals surface area contributed by atoms with Gasteiger partial charge in [0.05, 0.1) is 6.21 Å². The summed E-state index contributed by atoms with van der Waals surface area (Å²) >= 11 is 2.22. The number of amides is 2. The molecule has 0 saturated carbocycles. The number of hydrogen-bond donors (Lipinski definition) is 2. The van der Waals surface area contributed by atoms with Crippen molar-refractivity contribution in [1.82, 2.24) is 5.43 Å². The maximum Gasteiger partial charge on any atom is 0.240 e. The Morgan fingerprint density at radius 1 is 1.00 bits per heavy atom. The van der Waals surface area contributed by atoms with Crippen LogP contribution in [-0.4, -0.2) is 18.0 Å². The highest BCUT2D eigenvalue weighted by atomic mass is 127. The zero-order chi connectivity index (χ0) is 18.1. The first kappa shape index (κ1) is 19.1. The van der Waals surface area contributed by atoms with Crippen LogP contribution < -0.4 is 10.7 Å². The third kappa shape index (κ3) is 7.04. The largest absolute Gasteiger partial charge is 0.326 e. The second-order valence-corrected chi connectivity index (χ2v) is 6.69. The van der Waals surface area contributed by atoms with Gasteiger partial charge >= 0.3 is 0 Å². The van der Waals surface area contributed by atoms with Crippen LogP contribution in [0.25, 0.3) is 0 Å². The van der Waals surface area contributed by atoms with E-state index in [0.29, 0.717) is 0 Å². The third-order valence-electron chi connectivity index (χ3n) is 3.50. The van der Waals surface area contributed by atoms with Gasteiger partial charge in [0.2, 0.25) is 11.8 Å². The third-order valence-corrected chi connectivity index (χ3v) is 4.22. The Hall–Kier alpha value is -2.22. The van der Waals surface area contributed by atoms with Crippen LogP contribution in [0.15, 0.2) is 53.6 Å². The van der Waals surface area contributed by atoms with Crippen molar-refractivity contribution in [3.63, 3.8) is 0 Å². The number of aryl methyl sites for hydroxylation is 1. The molecule has 0 unspecified atom stereocenters. The Labute approximate surface area is 161 Å². The van der Waals surface area contributed by atoms with Crippen LogP contribution in [0, 0.1) is 3.57 Å². The van der Waals surface area contributed by atoms with E-state index in [-0.39, 0.29) is 24.7 Å². The van der Waals surface area contributed by atoms with E-state index in [1.165, 1.54) is 5.56 Å². The molecule has 2 aromatic rings. The monoisotopic (exact) mass is 449 g/mol. The lowest BCUT2D eigenvalue weighted by atomic mass is 10.1. The summed E-state index contributed by atoms with van der Waals surface area (Å²) in [6.45, 7) is 2.08. The van der Waals surface area contributed by atoms with E-state index < -0.39 is 0 Å². The second kappa shape index (κ2) is 9.93. The first-order chi connectivity index (χ1) is 12.1. The molecule has 2 rings (SSSR count). The first-order valence-electron chi connectivity index (χ1n) is 8.03. The molecule has 25 heavy (non-hydrogen) atoms. The van der Waals surface area contributed by atoms with Crippen molar-refractivity contribution >= 4 is 46.3 Å². The number of hydrazone groups is 1. The minimum Gasteiger partial charge on any atom is -0.326 e. The Kier molecular flexibility index (Phi) is 7.59. The van der Waals surface area contributed by atoms with E-state index in [9.17, 15) is 9.59 Å². The van der Waals surface area contributed by atoms with Crippen molar-refractivity contribution in [3.8, 4) is 0 Å². The number of carbonyl (C=O) groups excluding carboxylic acids is 2. The van der Waals surface area contributed by atoms with E-state index in [4.69, 9.17) is 0 Å². The van der Waals surface area contributed by atoms with Gasteiger partial charge in [0, 0.05) is 22.1 Å². The molecule has 0 aromatic heterocycles. The Balaban J connectivity index is 1.71. The normalized spacial score (nSPS) is 10.6. The highest BCUT2D eigenvalue weighted by Crippen LogP contribution is 2.10. The van der Waals surface area contributed by atoms with Crippen molar-refractivity contribution in [2.75, 3.05) is 5.32 Å². The fourth-order valence-corrected chi connectivity index (χ4v) is 2.42. The number of rotatable bonds is 7. The first-order valence-corrected chi connectivity index (χ1v) is 9.11. The zero-order valence-corrected chi connectivity index (χ0v) is 16.1. The van der Waals surface area contributed by atoms with Crippen LogP contribution in [0.3, 0.4) is 0 Å². The van der Waals surface area contributed by atoms with Gasteiger partial charge < -0.3 is 5.32 Å². The summed E-state index contributed by atoms with van der Waals surface area (Å²) < 4.78 is 1.13. The van der Waals surface area contributed by atoms with Crippen molar-refractivity contribution in [3.05, 3.63) is 63.2 Å². The molecule has 0 fully saturated rings. The Morgan fingerprint density at radius 2 is 1.64 bits per heavy atom. The minimum absolute atomic E-state index is 0.0862. The van der Waals surface area contributed by atoms with Gasteiger partial charge in [0.25, 0.3) is 0 Å². The molecule has 0 aliphatic rings. The Morgan fingerprint density at radius 3 is 2.28 bits per heavy atom. The van der Waals surface area contributed by atoms with Gasteiger partial charge in [-0.1, -0.05) is 31.2 Å². The predicted molar refractivity (Wildman–Crippen MR) is 109 cm³/mol. The summed E-state index contributed by atoms with van der Waals surface area (Å²) in [5.41, 5.74) is 5.27. The summed E-state index contributed by atoms with van der Waals surface area (Å²) in [4.78, 5) is 23.6. The van der Waals surface area contributed by atoms with Crippen LogP contribution in [-0.2, 0) is 16.0 Å². The SMILES string of the molecule is CCc1ccc(NC(=O)CCC(=O)N/N=C\c2ccc(I)cc2)cc1. The lowest BCUT2D eigenvalue weighted by Gasteiger charge is -2.05. The number of halogens is 1. The molecular formula is C19H20IN3O2. The van der Waals surface area contributed by atoms with Crippen LogP contribution in [0.4, 0.5) is 5.69 Å². The van der Waals surface area contributed by atoms with Crippen molar-refractivity contribution in [1.29, 1.82) is 0 Å². The maximum atomic E-state index is 11.9. The zero-order valence-electron chi connectivity index (χ0n) is 14.0. The quantitative estimate of drug-likeness (QED) is 0.384. The number of hydrogen-bond acceptors (Lipinski definition) is 3. The summed E-state index contributed by atoms with van der Waals surface area (Å²) in [6.07, 6.45) is 2.73. The number of nitrogens with one attached hydrogen (secondary N) is 2. The molecule has 2 aromatic carbocycles. The van der Waals surface area contributed by atoms with Crippen LogP contribution in [0.5, 0.6) is 0 Å². The van der Waals surface area contributed by atoms with Crippen LogP contribution in [0.1, 0.15) is 30.9 Å². The molecule has 0 spiro atoms. The molecular weight excluding hydrogens is 429 g/mol. The van der Waals surface area contributed by atoms with Crippen molar-refractivity contribution < 1.29 is 9.59 Å². The molecule has 6 heteroatoms. The molecule has 130 valence electrons. The smallest absolute Gasteiger partial charge is 0.240 e. The second-order valence-electron chi connectivity index (χ2n) is 5.44. The molecule has 2 amide bonds. The highest BCUT2D eigenvalue weighted by molar-refractivity contribution is 14.1. The lowest BCUT2D eigenvalue weighted by molar-refractivity contribution is -0.124. The fraction of sp³-hybridized carbons (Fsp3) is 0.211. The summed E-state index contributed by atoms with van der Waals surface area (Å²) in [6, 6.07) is 15.4. The summed E-state index contributed by atoms with van der Waals surface area (Å²) in [5, 5.41) is 6.67. The molecule has 0 radical (unpaired) electrons. The number of nitrogens with zero attached hydrogens (tertiary/aromatic N) is 1. The average molecular weight is 449 g/mol. The lowest BCUT2D eigenvalue weighted by Crippen LogP contribution is -2.20.